The molecule has 0 aromatic carbocycles. The Morgan fingerprint density at radius 2 is 0.938 bits per heavy atom. The lowest BCUT2D eigenvalue weighted by molar-refractivity contribution is -0.332. The molecule has 0 amide bonds. The highest BCUT2D eigenvalue weighted by molar-refractivity contribution is 5.70. The van der Waals surface area contributed by atoms with Crippen LogP contribution < -0.4 is 0 Å². The van der Waals surface area contributed by atoms with E-state index >= 15 is 0 Å². The fourth-order valence-corrected chi connectivity index (χ4v) is 6.83. The number of aliphatic hydroxyl groups is 7. The number of carbonyl (C=O) groups excluding carboxylic acids is 2. The number of hydrogen-bond donors (Lipinski definition) is 7. The van der Waals surface area contributed by atoms with E-state index in [1.54, 1.807) is 0 Å². The lowest BCUT2D eigenvalue weighted by atomic mass is 9.98. The average Bonchev–Trinajstić information content (AvgIpc) is 3.29. The minimum absolute atomic E-state index is 0.122. The highest BCUT2D eigenvalue weighted by Crippen LogP contribution is 2.26. The predicted molar refractivity (Wildman–Crippen MR) is 242 cm³/mol. The molecule has 2 aliphatic heterocycles. The summed E-state index contributed by atoms with van der Waals surface area (Å²) in [6.07, 6.45) is 23.7. The molecular weight excluding hydrogens is 829 g/mol. The Morgan fingerprint density at radius 3 is 1.48 bits per heavy atom. The quantitative estimate of drug-likeness (QED) is 0.0241. The van der Waals surface area contributed by atoms with E-state index in [-0.39, 0.29) is 19.4 Å². The van der Waals surface area contributed by atoms with Gasteiger partial charge in [-0.3, -0.25) is 9.59 Å². The van der Waals surface area contributed by atoms with E-state index < -0.39 is 99.3 Å². The Bertz CT molecular complexity index is 1390. The Kier molecular flexibility index (Phi) is 32.2. The molecule has 2 aliphatic rings. The first-order valence-corrected chi connectivity index (χ1v) is 23.5. The minimum Gasteiger partial charge on any atom is -0.462 e. The van der Waals surface area contributed by atoms with Crippen molar-refractivity contribution in [1.29, 1.82) is 0 Å². The zero-order chi connectivity index (χ0) is 46.8. The van der Waals surface area contributed by atoms with Crippen LogP contribution in [0.25, 0.3) is 0 Å². The van der Waals surface area contributed by atoms with Gasteiger partial charge in [-0.2, -0.15) is 0 Å². The predicted octanol–water partition coefficient (Wildman–Crippen LogP) is 5.48. The molecule has 15 nitrogen and oxygen atoms in total. The molecule has 366 valence electrons. The molecule has 0 unspecified atom stereocenters. The summed E-state index contributed by atoms with van der Waals surface area (Å²) in [4.78, 5) is 25.7. The molecule has 0 bridgehead atoms. The second kappa shape index (κ2) is 36.1. The van der Waals surface area contributed by atoms with Gasteiger partial charge in [0.1, 0.15) is 55.4 Å². The zero-order valence-electron chi connectivity index (χ0n) is 38.2. The van der Waals surface area contributed by atoms with Crippen LogP contribution in [0.2, 0.25) is 0 Å². The molecule has 2 rings (SSSR count). The number of esters is 2. The van der Waals surface area contributed by atoms with Crippen molar-refractivity contribution in [2.75, 3.05) is 26.4 Å². The standard InChI is InChI=1S/C49H80O15/c1-3-5-7-9-11-13-15-17-18-20-21-23-25-27-29-31-40(51)59-34-37(62-41(52)32-30-28-26-24-22-19-16-14-12-10-8-6-4-2)35-60-48-47(58)45(56)43(54)39(64-48)36-61-49-46(57)44(55)42(53)38(33-50)63-49/h5-8,11-14,17-19,22,37-39,42-50,53-58H,3-4,9-10,15-16,20-21,23-36H2,1-2H3/b7-5-,8-6-,13-11-,14-12-,18-17-,22-19-/t37-,38-,39-,42+,43+,44+,45+,46-,47-,48-,49+/m1/s1. The molecule has 2 saturated heterocycles. The molecule has 0 saturated carbocycles. The van der Waals surface area contributed by atoms with Crippen molar-refractivity contribution in [3.63, 3.8) is 0 Å². The summed E-state index contributed by atoms with van der Waals surface area (Å²) >= 11 is 0. The van der Waals surface area contributed by atoms with Gasteiger partial charge in [0.15, 0.2) is 18.7 Å². The molecule has 15 heteroatoms. The van der Waals surface area contributed by atoms with Gasteiger partial charge < -0.3 is 64.2 Å². The van der Waals surface area contributed by atoms with Crippen LogP contribution in [0.1, 0.15) is 129 Å². The van der Waals surface area contributed by atoms with Crippen molar-refractivity contribution in [1.82, 2.24) is 0 Å². The maximum absolute atomic E-state index is 12.9. The fraction of sp³-hybridized carbons (Fsp3) is 0.714. The van der Waals surface area contributed by atoms with Crippen molar-refractivity contribution >= 4 is 11.9 Å². The van der Waals surface area contributed by atoms with Gasteiger partial charge in [0, 0.05) is 12.8 Å². The molecule has 7 N–H and O–H groups in total. The van der Waals surface area contributed by atoms with Crippen LogP contribution >= 0.6 is 0 Å². The average molecular weight is 909 g/mol. The first kappa shape index (κ1) is 57.1. The molecule has 0 aliphatic carbocycles. The third-order valence-corrected chi connectivity index (χ3v) is 10.7. The van der Waals surface area contributed by atoms with E-state index in [0.717, 1.165) is 89.9 Å². The van der Waals surface area contributed by atoms with Crippen LogP contribution in [0.3, 0.4) is 0 Å². The summed E-state index contributed by atoms with van der Waals surface area (Å²) in [5, 5.41) is 71.9. The van der Waals surface area contributed by atoms with Crippen LogP contribution in [0.5, 0.6) is 0 Å². The highest BCUT2D eigenvalue weighted by atomic mass is 16.7. The first-order valence-electron chi connectivity index (χ1n) is 23.5. The van der Waals surface area contributed by atoms with Crippen LogP contribution in [0.4, 0.5) is 0 Å². The van der Waals surface area contributed by atoms with E-state index in [1.165, 1.54) is 0 Å². The topological polar surface area (TPSA) is 231 Å². The van der Waals surface area contributed by atoms with Crippen LogP contribution in [-0.2, 0) is 38.0 Å². The van der Waals surface area contributed by atoms with E-state index in [9.17, 15) is 45.3 Å². The Balaban J connectivity index is 1.86. The molecule has 0 aromatic heterocycles. The SMILES string of the molecule is CC/C=C\C/C=C\C/C=C\CCCCCCCC(=O)OC[C@H](CO[C@@H]1O[C@H](CO[C@H]2O[C@H](CO)[C@H](O)[C@H](O)[C@H]2O)[C@H](O)[C@H](O)[C@H]1O)OC(=O)CCCCC/C=C\C/C=C\C/C=C\CC. The smallest absolute Gasteiger partial charge is 0.306 e. The van der Waals surface area contributed by atoms with Crippen LogP contribution in [0.15, 0.2) is 72.9 Å². The van der Waals surface area contributed by atoms with Crippen molar-refractivity contribution in [2.45, 2.75) is 197 Å². The second-order valence-corrected chi connectivity index (χ2v) is 16.2. The highest BCUT2D eigenvalue weighted by Gasteiger charge is 2.47. The molecule has 0 radical (unpaired) electrons. The summed E-state index contributed by atoms with van der Waals surface area (Å²) in [5.74, 6) is -0.989. The monoisotopic (exact) mass is 909 g/mol. The fourth-order valence-electron chi connectivity index (χ4n) is 6.83. The van der Waals surface area contributed by atoms with Crippen molar-refractivity contribution in [3.8, 4) is 0 Å². The van der Waals surface area contributed by atoms with Gasteiger partial charge >= 0.3 is 11.9 Å². The number of ether oxygens (including phenoxy) is 6. The molecule has 0 aromatic rings. The molecular formula is C49H80O15. The lowest BCUT2D eigenvalue weighted by Crippen LogP contribution is -2.61. The van der Waals surface area contributed by atoms with E-state index in [0.29, 0.717) is 12.8 Å². The Hall–Kier alpha value is -3.06. The summed E-state index contributed by atoms with van der Waals surface area (Å²) in [5.41, 5.74) is 0. The van der Waals surface area contributed by atoms with Gasteiger partial charge in [-0.1, -0.05) is 112 Å². The third-order valence-electron chi connectivity index (χ3n) is 10.7. The van der Waals surface area contributed by atoms with E-state index in [1.807, 2.05) is 0 Å². The molecule has 0 spiro atoms. The van der Waals surface area contributed by atoms with Crippen molar-refractivity contribution in [3.05, 3.63) is 72.9 Å². The van der Waals surface area contributed by atoms with Gasteiger partial charge in [0.25, 0.3) is 0 Å². The van der Waals surface area contributed by atoms with Gasteiger partial charge in [-0.25, -0.2) is 0 Å². The number of allylic oxidation sites excluding steroid dienone is 12. The molecule has 2 fully saturated rings. The molecule has 64 heavy (non-hydrogen) atoms. The third kappa shape index (κ3) is 24.5. The van der Waals surface area contributed by atoms with Gasteiger partial charge in [0.2, 0.25) is 0 Å². The van der Waals surface area contributed by atoms with Gasteiger partial charge in [-0.15, -0.1) is 0 Å². The maximum Gasteiger partial charge on any atom is 0.306 e. The summed E-state index contributed by atoms with van der Waals surface area (Å²) in [6, 6.07) is 0. The second-order valence-electron chi connectivity index (χ2n) is 16.2. The van der Waals surface area contributed by atoms with Crippen LogP contribution in [0, 0.1) is 0 Å². The number of aliphatic hydroxyl groups excluding tert-OH is 7. The number of rotatable bonds is 34. The first-order chi connectivity index (χ1) is 31.0. The van der Waals surface area contributed by atoms with Crippen LogP contribution in [-0.4, -0.2) is 142 Å². The normalized spacial score (nSPS) is 27.3. The van der Waals surface area contributed by atoms with Gasteiger partial charge in [0.05, 0.1) is 19.8 Å². The number of hydrogen-bond acceptors (Lipinski definition) is 15. The summed E-state index contributed by atoms with van der Waals surface area (Å²) in [7, 11) is 0. The zero-order valence-corrected chi connectivity index (χ0v) is 38.2. The minimum atomic E-state index is -1.78. The Morgan fingerprint density at radius 1 is 0.500 bits per heavy atom. The largest absolute Gasteiger partial charge is 0.462 e. The number of unbranched alkanes of at least 4 members (excludes halogenated alkanes) is 8. The maximum atomic E-state index is 12.9. The molecule has 2 heterocycles. The lowest BCUT2D eigenvalue weighted by Gasteiger charge is -2.42. The van der Waals surface area contributed by atoms with E-state index in [4.69, 9.17) is 28.4 Å². The Labute approximate surface area is 381 Å². The van der Waals surface area contributed by atoms with Gasteiger partial charge in [-0.05, 0) is 77.0 Å². The van der Waals surface area contributed by atoms with E-state index in [2.05, 4.69) is 86.8 Å². The summed E-state index contributed by atoms with van der Waals surface area (Å²) in [6.45, 7) is 2.27. The van der Waals surface area contributed by atoms with Crippen molar-refractivity contribution in [2.24, 2.45) is 0 Å². The number of carbonyl (C=O) groups is 2. The van der Waals surface area contributed by atoms with Crippen molar-refractivity contribution < 1.29 is 73.8 Å². The summed E-state index contributed by atoms with van der Waals surface area (Å²) < 4.78 is 33.4. The molecule has 11 atom stereocenters.